The number of aryl methyl sites for hydroxylation is 2. The Balaban J connectivity index is 1.56. The molecule has 0 radical (unpaired) electrons. The van der Waals surface area contributed by atoms with E-state index in [4.69, 9.17) is 0 Å². The molecule has 0 aliphatic rings. The second-order valence-corrected chi connectivity index (χ2v) is 6.76. The van der Waals surface area contributed by atoms with Gasteiger partial charge in [0.25, 0.3) is 0 Å². The Morgan fingerprint density at radius 3 is 2.31 bits per heavy atom. The SMILES string of the molecule is Cc1cccc(CNCC(=O)CCCCC(=O)Nc2cccc(C)c2)c1. The molecule has 1 amide bonds. The second-order valence-electron chi connectivity index (χ2n) is 6.76. The van der Waals surface area contributed by atoms with Crippen molar-refractivity contribution in [2.45, 2.75) is 46.1 Å². The Bertz CT molecular complexity index is 740. The van der Waals surface area contributed by atoms with Crippen LogP contribution in [-0.2, 0) is 16.1 Å². The summed E-state index contributed by atoms with van der Waals surface area (Å²) in [6.07, 6.45) is 2.42. The van der Waals surface area contributed by atoms with Gasteiger partial charge in [-0.25, -0.2) is 0 Å². The molecule has 2 rings (SSSR count). The molecule has 0 spiro atoms. The molecule has 0 aliphatic carbocycles. The first-order chi connectivity index (χ1) is 12.5. The molecule has 0 fully saturated rings. The first kappa shape index (κ1) is 19.9. The van der Waals surface area contributed by atoms with Crippen molar-refractivity contribution in [2.24, 2.45) is 0 Å². The van der Waals surface area contributed by atoms with Gasteiger partial charge in [-0.05, 0) is 49.9 Å². The number of hydrogen-bond acceptors (Lipinski definition) is 3. The maximum atomic E-state index is 11.9. The van der Waals surface area contributed by atoms with Gasteiger partial charge in [-0.3, -0.25) is 9.59 Å². The van der Waals surface area contributed by atoms with E-state index in [0.29, 0.717) is 25.9 Å². The summed E-state index contributed by atoms with van der Waals surface area (Å²) in [6, 6.07) is 16.0. The fraction of sp³-hybridized carbons (Fsp3) is 0.364. The highest BCUT2D eigenvalue weighted by atomic mass is 16.1. The van der Waals surface area contributed by atoms with Crippen LogP contribution in [0.25, 0.3) is 0 Å². The number of unbranched alkanes of at least 4 members (excludes halogenated alkanes) is 1. The number of carbonyl (C=O) groups is 2. The Kier molecular flexibility index (Phi) is 8.03. The summed E-state index contributed by atoms with van der Waals surface area (Å²) >= 11 is 0. The fourth-order valence-electron chi connectivity index (χ4n) is 2.81. The summed E-state index contributed by atoms with van der Waals surface area (Å²) in [5.74, 6) is 0.192. The molecule has 0 heterocycles. The van der Waals surface area contributed by atoms with E-state index in [1.807, 2.05) is 37.3 Å². The molecule has 138 valence electrons. The smallest absolute Gasteiger partial charge is 0.224 e. The summed E-state index contributed by atoms with van der Waals surface area (Å²) in [5.41, 5.74) is 4.35. The van der Waals surface area contributed by atoms with E-state index in [1.54, 1.807) is 0 Å². The standard InChI is InChI=1S/C22H28N2O2/c1-17-7-5-9-19(13-17)15-23-16-21(25)11-3-4-12-22(26)24-20-10-6-8-18(2)14-20/h5-10,13-14,23H,3-4,11-12,15-16H2,1-2H3,(H,24,26). The van der Waals surface area contributed by atoms with Gasteiger partial charge in [0.2, 0.25) is 5.91 Å². The molecule has 0 aromatic heterocycles. The predicted molar refractivity (Wildman–Crippen MR) is 106 cm³/mol. The van der Waals surface area contributed by atoms with Crippen LogP contribution in [0.2, 0.25) is 0 Å². The van der Waals surface area contributed by atoms with Crippen LogP contribution in [0.5, 0.6) is 0 Å². The minimum Gasteiger partial charge on any atom is -0.326 e. The number of hydrogen-bond donors (Lipinski definition) is 2. The van der Waals surface area contributed by atoms with Gasteiger partial charge in [-0.1, -0.05) is 42.0 Å². The molecule has 0 atom stereocenters. The number of amides is 1. The summed E-state index contributed by atoms with van der Waals surface area (Å²) in [5, 5.41) is 6.08. The molecule has 0 saturated carbocycles. The van der Waals surface area contributed by atoms with E-state index in [0.717, 1.165) is 24.1 Å². The van der Waals surface area contributed by atoms with Crippen LogP contribution in [0.1, 0.15) is 42.4 Å². The molecule has 0 aliphatic heterocycles. The minimum absolute atomic E-state index is 0.000575. The Morgan fingerprint density at radius 1 is 0.885 bits per heavy atom. The van der Waals surface area contributed by atoms with Gasteiger partial charge in [-0.15, -0.1) is 0 Å². The number of anilines is 1. The average molecular weight is 352 g/mol. The quantitative estimate of drug-likeness (QED) is 0.631. The zero-order valence-electron chi connectivity index (χ0n) is 15.7. The molecule has 2 aromatic carbocycles. The molecule has 4 heteroatoms. The zero-order valence-corrected chi connectivity index (χ0v) is 15.7. The predicted octanol–water partition coefficient (Wildman–Crippen LogP) is 4.16. The van der Waals surface area contributed by atoms with Crippen molar-refractivity contribution in [3.63, 3.8) is 0 Å². The summed E-state index contributed by atoms with van der Waals surface area (Å²) in [7, 11) is 0. The van der Waals surface area contributed by atoms with Crippen LogP contribution in [0.4, 0.5) is 5.69 Å². The van der Waals surface area contributed by atoms with E-state index >= 15 is 0 Å². The number of ketones is 1. The van der Waals surface area contributed by atoms with Crippen LogP contribution in [0, 0.1) is 13.8 Å². The normalized spacial score (nSPS) is 10.5. The number of benzene rings is 2. The number of carbonyl (C=O) groups excluding carboxylic acids is 2. The van der Waals surface area contributed by atoms with Crippen molar-refractivity contribution in [1.82, 2.24) is 5.32 Å². The van der Waals surface area contributed by atoms with E-state index in [9.17, 15) is 9.59 Å². The van der Waals surface area contributed by atoms with E-state index in [-0.39, 0.29) is 11.7 Å². The third-order valence-corrected chi connectivity index (χ3v) is 4.15. The summed E-state index contributed by atoms with van der Waals surface area (Å²) < 4.78 is 0. The van der Waals surface area contributed by atoms with Crippen LogP contribution in [0.3, 0.4) is 0 Å². The lowest BCUT2D eigenvalue weighted by atomic mass is 10.1. The lowest BCUT2D eigenvalue weighted by molar-refractivity contribution is -0.119. The highest BCUT2D eigenvalue weighted by molar-refractivity contribution is 5.90. The lowest BCUT2D eigenvalue weighted by Crippen LogP contribution is -2.22. The highest BCUT2D eigenvalue weighted by Crippen LogP contribution is 2.11. The molecule has 2 aromatic rings. The minimum atomic E-state index is 0.000575. The van der Waals surface area contributed by atoms with Gasteiger partial charge in [0.15, 0.2) is 0 Å². The van der Waals surface area contributed by atoms with E-state index in [2.05, 4.69) is 35.8 Å². The van der Waals surface area contributed by atoms with Gasteiger partial charge >= 0.3 is 0 Å². The maximum absolute atomic E-state index is 11.9. The van der Waals surface area contributed by atoms with Crippen molar-refractivity contribution in [2.75, 3.05) is 11.9 Å². The van der Waals surface area contributed by atoms with Crippen LogP contribution >= 0.6 is 0 Å². The monoisotopic (exact) mass is 352 g/mol. The van der Waals surface area contributed by atoms with Gasteiger partial charge in [0, 0.05) is 25.1 Å². The van der Waals surface area contributed by atoms with Crippen molar-refractivity contribution in [3.8, 4) is 0 Å². The third kappa shape index (κ3) is 7.62. The van der Waals surface area contributed by atoms with E-state index < -0.39 is 0 Å². The number of rotatable bonds is 10. The van der Waals surface area contributed by atoms with Gasteiger partial charge in [0.05, 0.1) is 6.54 Å². The molecule has 26 heavy (non-hydrogen) atoms. The molecule has 0 bridgehead atoms. The number of nitrogens with one attached hydrogen (secondary N) is 2. The van der Waals surface area contributed by atoms with Crippen molar-refractivity contribution < 1.29 is 9.59 Å². The molecular formula is C22H28N2O2. The number of Topliss-reactive ketones (excluding diaryl/α,β-unsaturated/α-hetero) is 1. The summed E-state index contributed by atoms with van der Waals surface area (Å²) in [4.78, 5) is 23.8. The zero-order chi connectivity index (χ0) is 18.8. The second kappa shape index (κ2) is 10.5. The highest BCUT2D eigenvalue weighted by Gasteiger charge is 2.05. The Hall–Kier alpha value is -2.46. The summed E-state index contributed by atoms with van der Waals surface area (Å²) in [6.45, 7) is 5.13. The molecular weight excluding hydrogens is 324 g/mol. The molecule has 2 N–H and O–H groups in total. The maximum Gasteiger partial charge on any atom is 0.224 e. The third-order valence-electron chi connectivity index (χ3n) is 4.15. The van der Waals surface area contributed by atoms with Gasteiger partial charge in [0.1, 0.15) is 5.78 Å². The molecule has 0 unspecified atom stereocenters. The fourth-order valence-corrected chi connectivity index (χ4v) is 2.81. The molecule has 4 nitrogen and oxygen atoms in total. The Labute approximate surface area is 156 Å². The van der Waals surface area contributed by atoms with Crippen LogP contribution in [-0.4, -0.2) is 18.2 Å². The first-order valence-electron chi connectivity index (χ1n) is 9.17. The molecule has 0 saturated heterocycles. The van der Waals surface area contributed by atoms with Gasteiger partial charge < -0.3 is 10.6 Å². The Morgan fingerprint density at radius 2 is 1.58 bits per heavy atom. The van der Waals surface area contributed by atoms with Gasteiger partial charge in [-0.2, -0.15) is 0 Å². The first-order valence-corrected chi connectivity index (χ1v) is 9.17. The van der Waals surface area contributed by atoms with Crippen LogP contribution < -0.4 is 10.6 Å². The largest absolute Gasteiger partial charge is 0.326 e. The van der Waals surface area contributed by atoms with E-state index in [1.165, 1.54) is 11.1 Å². The van der Waals surface area contributed by atoms with Crippen molar-refractivity contribution in [3.05, 3.63) is 65.2 Å². The van der Waals surface area contributed by atoms with Crippen LogP contribution in [0.15, 0.2) is 48.5 Å². The van der Waals surface area contributed by atoms with Crippen molar-refractivity contribution in [1.29, 1.82) is 0 Å². The average Bonchev–Trinajstić information content (AvgIpc) is 2.59. The lowest BCUT2D eigenvalue weighted by Gasteiger charge is -2.07. The topological polar surface area (TPSA) is 58.2 Å². The van der Waals surface area contributed by atoms with Crippen molar-refractivity contribution >= 4 is 17.4 Å².